The van der Waals surface area contributed by atoms with Gasteiger partial charge in [-0.2, -0.15) is 0 Å². The van der Waals surface area contributed by atoms with Crippen molar-refractivity contribution in [2.45, 2.75) is 213 Å². The Balaban J connectivity index is 0. The van der Waals surface area contributed by atoms with Crippen LogP contribution in [0, 0.1) is 0 Å². The molecular weight excluding hydrogens is 638 g/mol. The SMILES string of the molecule is Br.CCCCCCCCC=CCCCCCCCC(=O)OC(CC)(NC)OC(=O)CCCCCCCC=CCCCCCCCC. The summed E-state index contributed by atoms with van der Waals surface area (Å²) in [6.45, 7) is 6.39. The zero-order valence-corrected chi connectivity index (χ0v) is 32.6. The van der Waals surface area contributed by atoms with Gasteiger partial charge >= 0.3 is 17.8 Å². The monoisotopic (exact) mass is 713 g/mol. The summed E-state index contributed by atoms with van der Waals surface area (Å²) >= 11 is 0. The molecule has 0 aromatic rings. The number of ether oxygens (including phenoxy) is 2. The van der Waals surface area contributed by atoms with E-state index >= 15 is 0 Å². The van der Waals surface area contributed by atoms with Crippen LogP contribution in [0.2, 0.25) is 0 Å². The number of rotatable bonds is 34. The van der Waals surface area contributed by atoms with Crippen LogP contribution in [-0.4, -0.2) is 24.9 Å². The van der Waals surface area contributed by atoms with Crippen molar-refractivity contribution in [1.82, 2.24) is 5.32 Å². The number of hydrogen-bond acceptors (Lipinski definition) is 5. The van der Waals surface area contributed by atoms with Crippen LogP contribution in [0.1, 0.15) is 207 Å². The molecule has 5 nitrogen and oxygen atoms in total. The lowest BCUT2D eigenvalue weighted by Gasteiger charge is -2.31. The minimum atomic E-state index is -1.36. The highest BCUT2D eigenvalue weighted by Gasteiger charge is 2.35. The lowest BCUT2D eigenvalue weighted by molar-refractivity contribution is -0.240. The normalized spacial score (nSPS) is 12.8. The number of carbonyl (C=O) groups excluding carboxylic acids is 2. The second-order valence-electron chi connectivity index (χ2n) is 13.0. The zero-order valence-electron chi connectivity index (χ0n) is 30.9. The first-order chi connectivity index (χ1) is 22.0. The van der Waals surface area contributed by atoms with E-state index in [1.807, 2.05) is 6.92 Å². The van der Waals surface area contributed by atoms with E-state index in [2.05, 4.69) is 43.5 Å². The van der Waals surface area contributed by atoms with Crippen LogP contribution in [-0.2, 0) is 19.1 Å². The second kappa shape index (κ2) is 36.7. The molecule has 272 valence electrons. The van der Waals surface area contributed by atoms with Gasteiger partial charge in [-0.05, 0) is 71.3 Å². The number of halogens is 1. The van der Waals surface area contributed by atoms with Gasteiger partial charge in [0.2, 0.25) is 0 Å². The molecule has 0 unspecified atom stereocenters. The average molecular weight is 715 g/mol. The number of hydrogen-bond donors (Lipinski definition) is 1. The fourth-order valence-electron chi connectivity index (χ4n) is 5.59. The van der Waals surface area contributed by atoms with Crippen molar-refractivity contribution in [3.8, 4) is 0 Å². The van der Waals surface area contributed by atoms with Crippen molar-refractivity contribution < 1.29 is 19.1 Å². The Morgan fingerprint density at radius 1 is 0.478 bits per heavy atom. The molecule has 0 atom stereocenters. The van der Waals surface area contributed by atoms with Crippen molar-refractivity contribution >= 4 is 28.9 Å². The van der Waals surface area contributed by atoms with Crippen LogP contribution in [0.5, 0.6) is 0 Å². The maximum absolute atomic E-state index is 12.5. The van der Waals surface area contributed by atoms with Gasteiger partial charge < -0.3 is 9.47 Å². The molecule has 0 spiro atoms. The molecule has 0 aliphatic carbocycles. The molecule has 1 N–H and O–H groups in total. The van der Waals surface area contributed by atoms with Gasteiger partial charge in [-0.1, -0.05) is 148 Å². The lowest BCUT2D eigenvalue weighted by atomic mass is 10.1. The molecular formula is C40H76BrNO4. The summed E-state index contributed by atoms with van der Waals surface area (Å²) in [7, 11) is 1.67. The Kier molecular flexibility index (Phi) is 37.5. The Morgan fingerprint density at radius 3 is 1.04 bits per heavy atom. The first-order valence-electron chi connectivity index (χ1n) is 19.5. The molecule has 0 aliphatic heterocycles. The third-order valence-electron chi connectivity index (χ3n) is 8.69. The molecule has 0 rings (SSSR count). The van der Waals surface area contributed by atoms with Gasteiger partial charge in [-0.25, -0.2) is 5.32 Å². The highest BCUT2D eigenvalue weighted by Crippen LogP contribution is 2.19. The number of unbranched alkanes of at least 4 members (excludes halogenated alkanes) is 22. The summed E-state index contributed by atoms with van der Waals surface area (Å²) < 4.78 is 11.3. The van der Waals surface area contributed by atoms with E-state index in [0.29, 0.717) is 19.3 Å². The van der Waals surface area contributed by atoms with Gasteiger partial charge in [0.05, 0.1) is 0 Å². The van der Waals surface area contributed by atoms with Crippen LogP contribution >= 0.6 is 17.0 Å². The van der Waals surface area contributed by atoms with E-state index in [0.717, 1.165) is 51.4 Å². The van der Waals surface area contributed by atoms with Crippen LogP contribution in [0.3, 0.4) is 0 Å². The van der Waals surface area contributed by atoms with E-state index in [4.69, 9.17) is 9.47 Å². The van der Waals surface area contributed by atoms with Crippen LogP contribution in [0.4, 0.5) is 0 Å². The molecule has 0 aromatic carbocycles. The molecule has 0 bridgehead atoms. The molecule has 0 radical (unpaired) electrons. The Bertz CT molecular complexity index is 664. The molecule has 46 heavy (non-hydrogen) atoms. The van der Waals surface area contributed by atoms with Gasteiger partial charge in [-0.3, -0.25) is 9.59 Å². The maximum atomic E-state index is 12.5. The fraction of sp³-hybridized carbons (Fsp3) is 0.850. The molecule has 0 saturated heterocycles. The van der Waals surface area contributed by atoms with Crippen LogP contribution < -0.4 is 5.32 Å². The van der Waals surface area contributed by atoms with Gasteiger partial charge in [0.15, 0.2) is 0 Å². The lowest BCUT2D eigenvalue weighted by Crippen LogP contribution is -2.50. The predicted molar refractivity (Wildman–Crippen MR) is 203 cm³/mol. The van der Waals surface area contributed by atoms with Crippen molar-refractivity contribution in [2.24, 2.45) is 0 Å². The minimum Gasteiger partial charge on any atom is -0.408 e. The molecule has 0 fully saturated rings. The van der Waals surface area contributed by atoms with E-state index in [1.165, 1.54) is 116 Å². The van der Waals surface area contributed by atoms with Crippen molar-refractivity contribution in [3.05, 3.63) is 24.3 Å². The number of carbonyl (C=O) groups is 2. The first-order valence-corrected chi connectivity index (χ1v) is 19.5. The minimum absolute atomic E-state index is 0. The third kappa shape index (κ3) is 31.5. The molecule has 6 heteroatoms. The fourth-order valence-corrected chi connectivity index (χ4v) is 5.59. The molecule has 0 amide bonds. The van der Waals surface area contributed by atoms with Gasteiger partial charge in [0.25, 0.3) is 0 Å². The van der Waals surface area contributed by atoms with E-state index in [-0.39, 0.29) is 28.9 Å². The largest absolute Gasteiger partial charge is 0.408 e. The Labute approximate surface area is 296 Å². The van der Waals surface area contributed by atoms with Gasteiger partial charge in [0, 0.05) is 19.3 Å². The zero-order chi connectivity index (χ0) is 33.1. The standard InChI is InChI=1S/C40H75NO4.BrH/c1-5-8-10-12-14-16-18-20-22-24-26-28-30-32-34-36-38(42)44-40(7-3,41-4)45-39(43)37-35-33-31-29-27-25-23-21-19-17-15-13-11-9-6-2;/h20-23,41H,5-19,24-37H2,1-4H3;1H. The van der Waals surface area contributed by atoms with Crippen LogP contribution in [0.15, 0.2) is 24.3 Å². The van der Waals surface area contributed by atoms with Crippen LogP contribution in [0.25, 0.3) is 0 Å². The molecule has 0 heterocycles. The van der Waals surface area contributed by atoms with E-state index in [9.17, 15) is 9.59 Å². The summed E-state index contributed by atoms with van der Waals surface area (Å²) in [5.41, 5.74) is 0. The second-order valence-corrected chi connectivity index (χ2v) is 13.0. The number of nitrogens with one attached hydrogen (secondary N) is 1. The molecule has 0 aliphatic rings. The topological polar surface area (TPSA) is 64.6 Å². The summed E-state index contributed by atoms with van der Waals surface area (Å²) in [6.07, 6.45) is 42.2. The van der Waals surface area contributed by atoms with Gasteiger partial charge in [-0.15, -0.1) is 17.0 Å². The van der Waals surface area contributed by atoms with E-state index in [1.54, 1.807) is 7.05 Å². The Hall–Kier alpha value is -1.14. The first kappa shape index (κ1) is 47.0. The average Bonchev–Trinajstić information content (AvgIpc) is 3.04. The maximum Gasteiger partial charge on any atom is 0.317 e. The molecule has 0 saturated carbocycles. The number of esters is 2. The summed E-state index contributed by atoms with van der Waals surface area (Å²) in [5, 5.41) is 2.94. The Morgan fingerprint density at radius 2 is 0.761 bits per heavy atom. The highest BCUT2D eigenvalue weighted by molar-refractivity contribution is 8.93. The summed E-state index contributed by atoms with van der Waals surface area (Å²) in [5.74, 6) is -1.98. The number of allylic oxidation sites excluding steroid dienone is 4. The summed E-state index contributed by atoms with van der Waals surface area (Å²) in [6, 6.07) is 0. The molecule has 0 aromatic heterocycles. The summed E-state index contributed by atoms with van der Waals surface area (Å²) in [4.78, 5) is 25.1. The van der Waals surface area contributed by atoms with Gasteiger partial charge in [0.1, 0.15) is 0 Å². The van der Waals surface area contributed by atoms with Crippen molar-refractivity contribution in [3.63, 3.8) is 0 Å². The highest BCUT2D eigenvalue weighted by atomic mass is 79.9. The van der Waals surface area contributed by atoms with Crippen molar-refractivity contribution in [2.75, 3.05) is 7.05 Å². The smallest absolute Gasteiger partial charge is 0.317 e. The third-order valence-corrected chi connectivity index (χ3v) is 8.69. The quantitative estimate of drug-likeness (QED) is 0.0311. The predicted octanol–water partition coefficient (Wildman–Crippen LogP) is 13.0. The van der Waals surface area contributed by atoms with Crippen molar-refractivity contribution in [1.29, 1.82) is 0 Å². The van der Waals surface area contributed by atoms with E-state index < -0.39 is 5.91 Å².